The van der Waals surface area contributed by atoms with Gasteiger partial charge in [0.2, 0.25) is 5.91 Å². The summed E-state index contributed by atoms with van der Waals surface area (Å²) in [4.78, 5) is 15.0. The number of hydrogen-bond acceptors (Lipinski definition) is 3. The average Bonchev–Trinajstić information content (AvgIpc) is 2.39. The van der Waals surface area contributed by atoms with E-state index in [0.29, 0.717) is 13.0 Å². The van der Waals surface area contributed by atoms with Crippen molar-refractivity contribution < 1.29 is 9.90 Å². The number of amides is 1. The van der Waals surface area contributed by atoms with Crippen LogP contribution in [0.5, 0.6) is 0 Å². The van der Waals surface area contributed by atoms with Gasteiger partial charge in [-0.05, 0) is 51.0 Å². The number of benzene rings is 1. The summed E-state index contributed by atoms with van der Waals surface area (Å²) in [5, 5.41) is 9.00. The lowest BCUT2D eigenvalue weighted by Gasteiger charge is -2.25. The first-order valence-electron chi connectivity index (χ1n) is 7.06. The normalized spacial score (nSPS) is 10.9. The molecule has 1 amide bonds. The van der Waals surface area contributed by atoms with Crippen molar-refractivity contribution in [3.05, 3.63) is 29.3 Å². The van der Waals surface area contributed by atoms with Gasteiger partial charge in [-0.2, -0.15) is 0 Å². The molecule has 0 aliphatic heterocycles. The Morgan fingerprint density at radius 2 is 2.00 bits per heavy atom. The van der Waals surface area contributed by atoms with Crippen molar-refractivity contribution in [2.75, 3.05) is 18.9 Å². The molecule has 0 aliphatic rings. The summed E-state index contributed by atoms with van der Waals surface area (Å²) in [6, 6.07) is 6.52. The highest BCUT2D eigenvalue weighted by molar-refractivity contribution is 7.99. The lowest BCUT2D eigenvalue weighted by atomic mass is 10.1. The summed E-state index contributed by atoms with van der Waals surface area (Å²) in [7, 11) is 0. The maximum Gasteiger partial charge on any atom is 0.223 e. The van der Waals surface area contributed by atoms with Crippen LogP contribution in [0.25, 0.3) is 0 Å². The molecule has 0 heterocycles. The number of rotatable bonds is 7. The second-order valence-electron chi connectivity index (χ2n) is 5.25. The van der Waals surface area contributed by atoms with Gasteiger partial charge in [0.1, 0.15) is 0 Å². The van der Waals surface area contributed by atoms with Gasteiger partial charge in [-0.3, -0.25) is 4.79 Å². The molecule has 0 unspecified atom stereocenters. The minimum atomic E-state index is 0.0220. The number of aryl methyl sites for hydroxylation is 2. The van der Waals surface area contributed by atoms with Crippen molar-refractivity contribution in [3.63, 3.8) is 0 Å². The van der Waals surface area contributed by atoms with Gasteiger partial charge in [0.15, 0.2) is 0 Å². The molecule has 1 aromatic rings. The van der Waals surface area contributed by atoms with Gasteiger partial charge in [-0.1, -0.05) is 6.07 Å². The molecule has 4 heteroatoms. The third-order valence-electron chi connectivity index (χ3n) is 3.35. The highest BCUT2D eigenvalue weighted by Gasteiger charge is 2.15. The zero-order chi connectivity index (χ0) is 15.1. The minimum Gasteiger partial charge on any atom is -0.395 e. The van der Waals surface area contributed by atoms with Crippen LogP contribution in [0.1, 0.15) is 31.4 Å². The number of aliphatic hydroxyl groups excluding tert-OH is 1. The van der Waals surface area contributed by atoms with Crippen molar-refractivity contribution in [1.82, 2.24) is 4.90 Å². The quantitative estimate of drug-likeness (QED) is 0.786. The highest BCUT2D eigenvalue weighted by Crippen LogP contribution is 2.22. The number of hydrogen-bond donors (Lipinski definition) is 1. The smallest absolute Gasteiger partial charge is 0.223 e. The Morgan fingerprint density at radius 1 is 1.30 bits per heavy atom. The number of carbonyl (C=O) groups is 1. The summed E-state index contributed by atoms with van der Waals surface area (Å²) in [5.41, 5.74) is 2.57. The Kier molecular flexibility index (Phi) is 7.10. The predicted molar refractivity (Wildman–Crippen MR) is 85.2 cm³/mol. The Bertz CT molecular complexity index is 446. The summed E-state index contributed by atoms with van der Waals surface area (Å²) in [5.74, 6) is 0.890. The third-order valence-corrected chi connectivity index (χ3v) is 4.34. The largest absolute Gasteiger partial charge is 0.395 e. The molecule has 0 fully saturated rings. The van der Waals surface area contributed by atoms with Crippen LogP contribution in [0.15, 0.2) is 23.1 Å². The van der Waals surface area contributed by atoms with E-state index in [1.807, 2.05) is 13.8 Å². The zero-order valence-electron chi connectivity index (χ0n) is 12.8. The number of nitrogens with zero attached hydrogens (tertiary/aromatic N) is 1. The van der Waals surface area contributed by atoms with Crippen molar-refractivity contribution in [1.29, 1.82) is 0 Å². The fraction of sp³-hybridized carbons (Fsp3) is 0.562. The molecule has 1 N–H and O–H groups in total. The molecule has 0 aliphatic carbocycles. The Balaban J connectivity index is 2.46. The van der Waals surface area contributed by atoms with E-state index in [4.69, 9.17) is 5.11 Å². The van der Waals surface area contributed by atoms with E-state index in [2.05, 4.69) is 32.0 Å². The summed E-state index contributed by atoms with van der Waals surface area (Å²) in [6.45, 7) is 8.60. The van der Waals surface area contributed by atoms with Gasteiger partial charge in [-0.15, -0.1) is 11.8 Å². The lowest BCUT2D eigenvalue weighted by Crippen LogP contribution is -2.39. The number of carbonyl (C=O) groups excluding carboxylic acids is 1. The molecule has 20 heavy (non-hydrogen) atoms. The molecular formula is C16H25NO2S. The summed E-state index contributed by atoms with van der Waals surface area (Å²) < 4.78 is 0. The van der Waals surface area contributed by atoms with Gasteiger partial charge in [0.05, 0.1) is 6.61 Å². The van der Waals surface area contributed by atoms with Crippen molar-refractivity contribution in [2.24, 2.45) is 0 Å². The molecule has 1 aromatic carbocycles. The standard InChI is InChI=1S/C16H25NO2S/c1-12(2)17(8-9-18)16(19)7-10-20-15-6-5-13(3)14(4)11-15/h5-6,11-12,18H,7-10H2,1-4H3. The molecular weight excluding hydrogens is 270 g/mol. The first-order valence-corrected chi connectivity index (χ1v) is 8.04. The van der Waals surface area contributed by atoms with Crippen LogP contribution in [0.2, 0.25) is 0 Å². The van der Waals surface area contributed by atoms with E-state index in [9.17, 15) is 4.79 Å². The first kappa shape index (κ1) is 17.1. The van der Waals surface area contributed by atoms with E-state index in [1.165, 1.54) is 16.0 Å². The molecule has 0 saturated heterocycles. The van der Waals surface area contributed by atoms with Gasteiger partial charge in [0, 0.05) is 29.7 Å². The number of aliphatic hydroxyl groups is 1. The average molecular weight is 295 g/mol. The molecule has 3 nitrogen and oxygen atoms in total. The maximum absolute atomic E-state index is 12.1. The van der Waals surface area contributed by atoms with E-state index in [1.54, 1.807) is 16.7 Å². The number of thioether (sulfide) groups is 1. The van der Waals surface area contributed by atoms with Crippen molar-refractivity contribution in [3.8, 4) is 0 Å². The molecule has 0 aromatic heterocycles. The fourth-order valence-electron chi connectivity index (χ4n) is 1.98. The molecule has 1 rings (SSSR count). The van der Waals surface area contributed by atoms with Crippen molar-refractivity contribution in [2.45, 2.75) is 45.1 Å². The van der Waals surface area contributed by atoms with E-state index >= 15 is 0 Å². The highest BCUT2D eigenvalue weighted by atomic mass is 32.2. The van der Waals surface area contributed by atoms with Gasteiger partial charge < -0.3 is 10.0 Å². The molecule has 0 atom stereocenters. The van der Waals surface area contributed by atoms with Crippen LogP contribution in [0, 0.1) is 13.8 Å². The lowest BCUT2D eigenvalue weighted by molar-refractivity contribution is -0.132. The SMILES string of the molecule is Cc1ccc(SCCC(=O)N(CCO)C(C)C)cc1C. The van der Waals surface area contributed by atoms with Gasteiger partial charge >= 0.3 is 0 Å². The van der Waals surface area contributed by atoms with E-state index < -0.39 is 0 Å². The maximum atomic E-state index is 12.1. The Morgan fingerprint density at radius 3 is 2.55 bits per heavy atom. The van der Waals surface area contributed by atoms with Crippen LogP contribution in [0.3, 0.4) is 0 Å². The zero-order valence-corrected chi connectivity index (χ0v) is 13.7. The predicted octanol–water partition coefficient (Wildman–Crippen LogP) is 3.01. The molecule has 0 spiro atoms. The van der Waals surface area contributed by atoms with Crippen LogP contribution in [-0.4, -0.2) is 40.9 Å². The van der Waals surface area contributed by atoms with Crippen LogP contribution >= 0.6 is 11.8 Å². The Labute approximate surface area is 126 Å². The summed E-state index contributed by atoms with van der Waals surface area (Å²) >= 11 is 1.71. The molecule has 112 valence electrons. The van der Waals surface area contributed by atoms with E-state index in [-0.39, 0.29) is 18.6 Å². The topological polar surface area (TPSA) is 40.5 Å². The Hall–Kier alpha value is -1.00. The minimum absolute atomic E-state index is 0.0220. The van der Waals surface area contributed by atoms with Gasteiger partial charge in [0.25, 0.3) is 0 Å². The second kappa shape index (κ2) is 8.32. The van der Waals surface area contributed by atoms with Crippen LogP contribution in [-0.2, 0) is 4.79 Å². The van der Waals surface area contributed by atoms with Crippen molar-refractivity contribution >= 4 is 17.7 Å². The van der Waals surface area contributed by atoms with Gasteiger partial charge in [-0.25, -0.2) is 0 Å². The van der Waals surface area contributed by atoms with Crippen LogP contribution < -0.4 is 0 Å². The third kappa shape index (κ3) is 5.17. The second-order valence-corrected chi connectivity index (χ2v) is 6.42. The molecule has 0 saturated carbocycles. The molecule has 0 radical (unpaired) electrons. The molecule has 0 bridgehead atoms. The van der Waals surface area contributed by atoms with Crippen LogP contribution in [0.4, 0.5) is 0 Å². The summed E-state index contributed by atoms with van der Waals surface area (Å²) in [6.07, 6.45) is 0.510. The fourth-order valence-corrected chi connectivity index (χ4v) is 2.92. The monoisotopic (exact) mass is 295 g/mol. The first-order chi connectivity index (χ1) is 9.45. The van der Waals surface area contributed by atoms with E-state index in [0.717, 1.165) is 5.75 Å².